The molecule has 0 atom stereocenters. The normalized spacial score (nSPS) is 17.1. The number of anilines is 9. The summed E-state index contributed by atoms with van der Waals surface area (Å²) in [6.07, 6.45) is 4.58. The maximum atomic E-state index is 2.75. The van der Waals surface area contributed by atoms with Crippen molar-refractivity contribution >= 4 is 106 Å². The van der Waals surface area contributed by atoms with Crippen molar-refractivity contribution in [2.75, 3.05) is 14.7 Å². The van der Waals surface area contributed by atoms with Gasteiger partial charge in [-0.15, -0.1) is 11.3 Å². The van der Waals surface area contributed by atoms with E-state index in [4.69, 9.17) is 0 Å². The lowest BCUT2D eigenvalue weighted by molar-refractivity contribution is 0.332. The number of thiophene rings is 1. The highest BCUT2D eigenvalue weighted by atomic mass is 32.1. The van der Waals surface area contributed by atoms with Crippen LogP contribution in [0.2, 0.25) is 0 Å². The second kappa shape index (κ2) is 20.6. The summed E-state index contributed by atoms with van der Waals surface area (Å²) in [5.74, 6) is 0. The Morgan fingerprint density at radius 1 is 0.363 bits per heavy atom. The lowest BCUT2D eigenvalue weighted by Gasteiger charge is -2.48. The van der Waals surface area contributed by atoms with Crippen LogP contribution in [0.15, 0.2) is 170 Å². The standard InChI is InChI=1S/C86H96BN3S/c1-79(2,3)54-26-32-58(33-27-54)88(59-34-28-55(29-35-59)80(4,5)6)61-47-74-78-75(48-61)90(71-39-31-56(81(7,8)9)44-63(71)53-24-22-21-23-25-53)73-52-77-64(62-37-30-57(82(10,11)12)45-76(62)91-77)49-69(73)87(78)70-50-67-68(86(19,20)43-42-85(67,17)18)51-72(70)89(74)60-36-38-65-66(46-60)84(15,16)41-40-83(65,13)14/h21-39,44-52H,40-43H2,1-20H3. The third-order valence-electron chi connectivity index (χ3n) is 22.0. The fourth-order valence-corrected chi connectivity index (χ4v) is 17.0. The molecule has 3 nitrogen and oxygen atoms in total. The van der Waals surface area contributed by atoms with Crippen LogP contribution in [0.4, 0.5) is 51.2 Å². The molecule has 0 N–H and O–H groups in total. The molecule has 0 spiro atoms. The minimum atomic E-state index is -0.108. The van der Waals surface area contributed by atoms with Crippen molar-refractivity contribution in [2.45, 2.75) is 207 Å². The van der Waals surface area contributed by atoms with Crippen molar-refractivity contribution in [3.8, 4) is 11.1 Å². The van der Waals surface area contributed by atoms with Crippen molar-refractivity contribution in [3.05, 3.63) is 214 Å². The van der Waals surface area contributed by atoms with Gasteiger partial charge in [0.2, 0.25) is 0 Å². The average Bonchev–Trinajstić information content (AvgIpc) is 1.29. The molecule has 1 aromatic heterocycles. The average molecular weight is 1210 g/mol. The second-order valence-electron chi connectivity index (χ2n) is 34.5. The molecule has 0 amide bonds. The molecule has 464 valence electrons. The summed E-state index contributed by atoms with van der Waals surface area (Å²) in [6.45, 7) is 47.9. The van der Waals surface area contributed by atoms with Gasteiger partial charge in [-0.05, 0) is 220 Å². The van der Waals surface area contributed by atoms with Crippen LogP contribution in [0.3, 0.4) is 0 Å². The monoisotopic (exact) mass is 1210 g/mol. The maximum Gasteiger partial charge on any atom is 0.252 e. The van der Waals surface area contributed by atoms with E-state index in [2.05, 4.69) is 323 Å². The van der Waals surface area contributed by atoms with Gasteiger partial charge in [-0.1, -0.05) is 229 Å². The molecule has 3 heterocycles. The molecule has 0 radical (unpaired) electrons. The largest absolute Gasteiger partial charge is 0.311 e. The molecule has 2 aliphatic carbocycles. The molecule has 14 rings (SSSR count). The molecule has 0 fully saturated rings. The lowest BCUT2D eigenvalue weighted by Crippen LogP contribution is -2.62. The summed E-state index contributed by atoms with van der Waals surface area (Å²) in [6, 6.07) is 68.4. The first-order valence-electron chi connectivity index (χ1n) is 33.9. The first-order valence-corrected chi connectivity index (χ1v) is 34.7. The number of fused-ring (bicyclic) bond motifs is 9. The Balaban J connectivity index is 1.17. The van der Waals surface area contributed by atoms with Gasteiger partial charge in [-0.3, -0.25) is 0 Å². The molecular weight excluding hydrogens is 1120 g/mol. The molecule has 0 bridgehead atoms. The smallest absolute Gasteiger partial charge is 0.252 e. The zero-order valence-corrected chi connectivity index (χ0v) is 59.1. The van der Waals surface area contributed by atoms with Crippen LogP contribution in [0.25, 0.3) is 31.3 Å². The summed E-state index contributed by atoms with van der Waals surface area (Å²) < 4.78 is 2.65. The Labute approximate surface area is 550 Å². The summed E-state index contributed by atoms with van der Waals surface area (Å²) in [5.41, 5.74) is 28.3. The van der Waals surface area contributed by atoms with Crippen LogP contribution in [-0.2, 0) is 43.3 Å². The van der Waals surface area contributed by atoms with Crippen LogP contribution in [0.1, 0.15) is 209 Å². The highest BCUT2D eigenvalue weighted by Gasteiger charge is 2.48. The molecule has 9 aromatic carbocycles. The van der Waals surface area contributed by atoms with E-state index < -0.39 is 0 Å². The van der Waals surface area contributed by atoms with Gasteiger partial charge in [0.1, 0.15) is 0 Å². The van der Waals surface area contributed by atoms with Gasteiger partial charge < -0.3 is 14.7 Å². The molecule has 10 aromatic rings. The molecule has 0 unspecified atom stereocenters. The Kier molecular flexibility index (Phi) is 13.8. The molecule has 2 aliphatic heterocycles. The van der Waals surface area contributed by atoms with Gasteiger partial charge in [0.25, 0.3) is 6.71 Å². The fraction of sp³-hybridized carbons (Fsp3) is 0.372. The van der Waals surface area contributed by atoms with E-state index in [0.29, 0.717) is 0 Å². The van der Waals surface area contributed by atoms with E-state index in [-0.39, 0.29) is 50.0 Å². The Hall–Kier alpha value is -7.34. The third-order valence-corrected chi connectivity index (χ3v) is 23.1. The lowest BCUT2D eigenvalue weighted by atomic mass is 9.33. The van der Waals surface area contributed by atoms with E-state index >= 15 is 0 Å². The van der Waals surface area contributed by atoms with Crippen molar-refractivity contribution in [1.29, 1.82) is 0 Å². The number of hydrogen-bond acceptors (Lipinski definition) is 4. The van der Waals surface area contributed by atoms with Crippen molar-refractivity contribution in [1.82, 2.24) is 0 Å². The minimum absolute atomic E-state index is 0.00842. The van der Waals surface area contributed by atoms with Crippen LogP contribution in [0, 0.1) is 0 Å². The van der Waals surface area contributed by atoms with Gasteiger partial charge in [0, 0.05) is 60.2 Å². The highest BCUT2D eigenvalue weighted by Crippen LogP contribution is 2.56. The highest BCUT2D eigenvalue weighted by molar-refractivity contribution is 7.26. The van der Waals surface area contributed by atoms with E-state index in [9.17, 15) is 0 Å². The fourth-order valence-electron chi connectivity index (χ4n) is 15.9. The quantitative estimate of drug-likeness (QED) is 0.154. The van der Waals surface area contributed by atoms with Crippen LogP contribution < -0.4 is 31.1 Å². The summed E-state index contributed by atoms with van der Waals surface area (Å²) in [7, 11) is 0. The number of benzene rings is 9. The number of nitrogens with zero attached hydrogens (tertiary/aromatic N) is 3. The molecule has 91 heavy (non-hydrogen) atoms. The van der Waals surface area contributed by atoms with Crippen LogP contribution in [-0.4, -0.2) is 6.71 Å². The third kappa shape index (κ3) is 10.2. The van der Waals surface area contributed by atoms with Crippen LogP contribution in [0.5, 0.6) is 0 Å². The SMILES string of the molecule is CC(C)(C)c1ccc(N(c2ccc(C(C)(C)C)cc2)c2cc3c4c(c2)N(c2ccc(C(C)(C)C)cc2-c2ccccc2)c2cc5sc6cc(C(C)(C)C)ccc6c5cc2B4c2cc4c(cc2N3c2ccc3c(c2)C(C)(C)CCC3(C)C)C(C)(C)CCC4(C)C)cc1. The van der Waals surface area contributed by atoms with Gasteiger partial charge in [0.15, 0.2) is 0 Å². The minimum Gasteiger partial charge on any atom is -0.311 e. The Morgan fingerprint density at radius 2 is 0.824 bits per heavy atom. The van der Waals surface area contributed by atoms with Gasteiger partial charge in [0.05, 0.1) is 11.4 Å². The van der Waals surface area contributed by atoms with Crippen molar-refractivity contribution in [3.63, 3.8) is 0 Å². The number of rotatable bonds is 6. The molecule has 0 saturated heterocycles. The maximum absolute atomic E-state index is 2.75. The van der Waals surface area contributed by atoms with E-state index in [1.54, 1.807) is 0 Å². The second-order valence-corrected chi connectivity index (χ2v) is 35.6. The molecular formula is C86H96BN3S. The number of hydrogen-bond donors (Lipinski definition) is 0. The van der Waals surface area contributed by atoms with E-state index in [0.717, 1.165) is 42.7 Å². The molecule has 0 saturated carbocycles. The van der Waals surface area contributed by atoms with E-state index in [1.165, 1.54) is 126 Å². The Bertz CT molecular complexity index is 4500. The van der Waals surface area contributed by atoms with Crippen LogP contribution >= 0.6 is 11.3 Å². The first kappa shape index (κ1) is 61.2. The Morgan fingerprint density at radius 3 is 1.38 bits per heavy atom. The zero-order valence-electron chi connectivity index (χ0n) is 58.3. The molecule has 4 aliphatic rings. The van der Waals surface area contributed by atoms with Crippen molar-refractivity contribution in [2.24, 2.45) is 0 Å². The zero-order chi connectivity index (χ0) is 64.7. The topological polar surface area (TPSA) is 9.72 Å². The summed E-state index contributed by atoms with van der Waals surface area (Å²) in [4.78, 5) is 8.04. The predicted molar refractivity (Wildman–Crippen MR) is 399 cm³/mol. The van der Waals surface area contributed by atoms with Gasteiger partial charge in [-0.2, -0.15) is 0 Å². The van der Waals surface area contributed by atoms with Gasteiger partial charge >= 0.3 is 0 Å². The summed E-state index contributed by atoms with van der Waals surface area (Å²) in [5, 5.41) is 2.66. The van der Waals surface area contributed by atoms with Gasteiger partial charge in [-0.25, -0.2) is 0 Å². The molecule has 5 heteroatoms. The van der Waals surface area contributed by atoms with Crippen molar-refractivity contribution < 1.29 is 0 Å². The predicted octanol–water partition coefficient (Wildman–Crippen LogP) is 23.2. The summed E-state index contributed by atoms with van der Waals surface area (Å²) >= 11 is 1.95. The first-order chi connectivity index (χ1) is 42.6. The van der Waals surface area contributed by atoms with E-state index in [1.807, 2.05) is 11.3 Å².